The molecule has 0 saturated carbocycles. The van der Waals surface area contributed by atoms with E-state index in [0.717, 1.165) is 23.4 Å². The average molecular weight is 294 g/mol. The van der Waals surface area contributed by atoms with Gasteiger partial charge in [-0.2, -0.15) is 0 Å². The van der Waals surface area contributed by atoms with Crippen molar-refractivity contribution >= 4 is 28.6 Å². The summed E-state index contributed by atoms with van der Waals surface area (Å²) in [6.45, 7) is 2.85. The van der Waals surface area contributed by atoms with Gasteiger partial charge in [0.2, 0.25) is 0 Å². The zero-order valence-corrected chi connectivity index (χ0v) is 12.0. The van der Waals surface area contributed by atoms with Gasteiger partial charge in [0, 0.05) is 18.7 Å². The predicted molar refractivity (Wildman–Crippen MR) is 85.8 cm³/mol. The minimum Gasteiger partial charge on any atom is -0.323 e. The summed E-state index contributed by atoms with van der Waals surface area (Å²) >= 11 is 0. The van der Waals surface area contributed by atoms with Gasteiger partial charge in [-0.1, -0.05) is 12.1 Å². The highest BCUT2D eigenvalue weighted by Gasteiger charge is 2.07. The molecule has 0 N–H and O–H groups in total. The van der Waals surface area contributed by atoms with E-state index in [-0.39, 0.29) is 5.69 Å². The van der Waals surface area contributed by atoms with Crippen LogP contribution in [-0.2, 0) is 6.54 Å². The molecule has 1 heterocycles. The van der Waals surface area contributed by atoms with E-state index in [1.807, 2.05) is 24.3 Å². The highest BCUT2D eigenvalue weighted by Crippen LogP contribution is 2.19. The molecule has 0 bridgehead atoms. The van der Waals surface area contributed by atoms with Gasteiger partial charge < -0.3 is 4.57 Å². The lowest BCUT2D eigenvalue weighted by Gasteiger charge is -2.01. The van der Waals surface area contributed by atoms with Gasteiger partial charge in [-0.25, -0.2) is 4.98 Å². The number of para-hydroxylation sites is 2. The molecular weight excluding hydrogens is 280 g/mol. The zero-order valence-electron chi connectivity index (χ0n) is 12.0. The van der Waals surface area contributed by atoms with Gasteiger partial charge in [0.15, 0.2) is 5.82 Å². The normalized spacial score (nSPS) is 11.3. The number of aromatic nitrogens is 2. The molecule has 0 unspecified atom stereocenters. The lowest BCUT2D eigenvalue weighted by molar-refractivity contribution is -0.384. The molecular formula is C16H14N4O2. The van der Waals surface area contributed by atoms with Crippen molar-refractivity contribution in [3.63, 3.8) is 0 Å². The number of nitro benzene ring substituents is 1. The van der Waals surface area contributed by atoms with Crippen molar-refractivity contribution in [3.8, 4) is 0 Å². The van der Waals surface area contributed by atoms with Gasteiger partial charge in [-0.3, -0.25) is 15.1 Å². The molecule has 22 heavy (non-hydrogen) atoms. The average Bonchev–Trinajstić information content (AvgIpc) is 2.90. The van der Waals surface area contributed by atoms with Crippen molar-refractivity contribution in [1.29, 1.82) is 0 Å². The Morgan fingerprint density at radius 1 is 1.23 bits per heavy atom. The first-order valence-electron chi connectivity index (χ1n) is 6.93. The Hall–Kier alpha value is -3.02. The Morgan fingerprint density at radius 2 is 1.95 bits per heavy atom. The molecule has 6 nitrogen and oxygen atoms in total. The maximum atomic E-state index is 10.6. The minimum absolute atomic E-state index is 0.0553. The molecule has 0 saturated heterocycles. The summed E-state index contributed by atoms with van der Waals surface area (Å²) < 4.78 is 2.07. The third-order valence-electron chi connectivity index (χ3n) is 3.39. The fraction of sp³-hybridized carbons (Fsp3) is 0.125. The molecule has 0 spiro atoms. The van der Waals surface area contributed by atoms with Crippen molar-refractivity contribution < 1.29 is 4.92 Å². The molecule has 0 radical (unpaired) electrons. The summed E-state index contributed by atoms with van der Waals surface area (Å²) in [5, 5.41) is 10.6. The van der Waals surface area contributed by atoms with Gasteiger partial charge in [0.1, 0.15) is 0 Å². The highest BCUT2D eigenvalue weighted by molar-refractivity contribution is 5.86. The number of hydrogen-bond acceptors (Lipinski definition) is 4. The van der Waals surface area contributed by atoms with Crippen molar-refractivity contribution in [2.45, 2.75) is 13.5 Å². The zero-order chi connectivity index (χ0) is 15.5. The summed E-state index contributed by atoms with van der Waals surface area (Å²) in [6, 6.07) is 14.0. The van der Waals surface area contributed by atoms with E-state index in [1.54, 1.807) is 18.3 Å². The lowest BCUT2D eigenvalue weighted by Crippen LogP contribution is -2.00. The first-order valence-corrected chi connectivity index (χ1v) is 6.93. The summed E-state index contributed by atoms with van der Waals surface area (Å²) in [5.41, 5.74) is 2.70. The maximum absolute atomic E-state index is 10.6. The number of hydrogen-bond donors (Lipinski definition) is 0. The van der Waals surface area contributed by atoms with E-state index in [1.165, 1.54) is 12.1 Å². The molecule has 110 valence electrons. The van der Waals surface area contributed by atoms with Crippen LogP contribution in [0.3, 0.4) is 0 Å². The van der Waals surface area contributed by atoms with Crippen LogP contribution in [0.5, 0.6) is 0 Å². The van der Waals surface area contributed by atoms with Crippen LogP contribution < -0.4 is 0 Å². The monoisotopic (exact) mass is 294 g/mol. The lowest BCUT2D eigenvalue weighted by atomic mass is 10.3. The van der Waals surface area contributed by atoms with Crippen LogP contribution in [0.4, 0.5) is 11.4 Å². The Balaban J connectivity index is 1.93. The largest absolute Gasteiger partial charge is 0.323 e. The fourth-order valence-electron chi connectivity index (χ4n) is 2.32. The van der Waals surface area contributed by atoms with Crippen molar-refractivity contribution in [1.82, 2.24) is 9.55 Å². The molecule has 3 aromatic rings. The number of aliphatic imine (C=N–C) groups is 1. The maximum Gasteiger partial charge on any atom is 0.269 e. The van der Waals surface area contributed by atoms with Crippen LogP contribution in [0, 0.1) is 10.1 Å². The third-order valence-corrected chi connectivity index (χ3v) is 3.39. The first kappa shape index (κ1) is 13.9. The molecule has 0 atom stereocenters. The summed E-state index contributed by atoms with van der Waals surface area (Å²) in [6.07, 6.45) is 1.69. The number of nitrogens with zero attached hydrogens (tertiary/aromatic N) is 4. The second-order valence-electron chi connectivity index (χ2n) is 4.73. The molecule has 1 aromatic heterocycles. The SMILES string of the molecule is CCn1c(C=Nc2ccc([N+](=O)[O-])cc2)nc2ccccc21. The van der Waals surface area contributed by atoms with Gasteiger partial charge in [0.05, 0.1) is 27.9 Å². The van der Waals surface area contributed by atoms with Crippen molar-refractivity contribution in [2.24, 2.45) is 4.99 Å². The standard InChI is InChI=1S/C16H14N4O2/c1-2-19-15-6-4-3-5-14(15)18-16(19)11-17-12-7-9-13(10-8-12)20(21)22/h3-11H,2H2,1H3. The highest BCUT2D eigenvalue weighted by atomic mass is 16.6. The molecule has 0 aliphatic rings. The number of non-ortho nitro benzene ring substituents is 1. The summed E-state index contributed by atoms with van der Waals surface area (Å²) in [5.74, 6) is 0.766. The number of fused-ring (bicyclic) bond motifs is 1. The quantitative estimate of drug-likeness (QED) is 0.418. The van der Waals surface area contributed by atoms with Crippen LogP contribution in [0.15, 0.2) is 53.5 Å². The second-order valence-corrected chi connectivity index (χ2v) is 4.73. The fourth-order valence-corrected chi connectivity index (χ4v) is 2.32. The third kappa shape index (κ3) is 2.58. The number of rotatable bonds is 4. The van der Waals surface area contributed by atoms with E-state index >= 15 is 0 Å². The Labute approximate surface area is 126 Å². The van der Waals surface area contributed by atoms with Gasteiger partial charge >= 0.3 is 0 Å². The molecule has 3 rings (SSSR count). The topological polar surface area (TPSA) is 73.3 Å². The van der Waals surface area contributed by atoms with Crippen molar-refractivity contribution in [2.75, 3.05) is 0 Å². The van der Waals surface area contributed by atoms with Gasteiger partial charge in [-0.15, -0.1) is 0 Å². The van der Waals surface area contributed by atoms with Crippen LogP contribution in [0.2, 0.25) is 0 Å². The van der Waals surface area contributed by atoms with E-state index in [0.29, 0.717) is 5.69 Å². The summed E-state index contributed by atoms with van der Waals surface area (Å²) in [7, 11) is 0. The molecule has 6 heteroatoms. The van der Waals surface area contributed by atoms with E-state index in [2.05, 4.69) is 21.5 Å². The van der Waals surface area contributed by atoms with Crippen LogP contribution in [0.25, 0.3) is 11.0 Å². The molecule has 2 aromatic carbocycles. The molecule has 0 amide bonds. The number of aryl methyl sites for hydroxylation is 1. The van der Waals surface area contributed by atoms with E-state index in [4.69, 9.17) is 0 Å². The van der Waals surface area contributed by atoms with Crippen molar-refractivity contribution in [3.05, 3.63) is 64.5 Å². The van der Waals surface area contributed by atoms with E-state index in [9.17, 15) is 10.1 Å². The Morgan fingerprint density at radius 3 is 2.64 bits per heavy atom. The summed E-state index contributed by atoms with van der Waals surface area (Å²) in [4.78, 5) is 19.1. The van der Waals surface area contributed by atoms with Crippen LogP contribution >= 0.6 is 0 Å². The van der Waals surface area contributed by atoms with Crippen LogP contribution in [0.1, 0.15) is 12.7 Å². The minimum atomic E-state index is -0.427. The number of nitro groups is 1. The molecule has 0 aliphatic heterocycles. The Bertz CT molecular complexity index is 850. The predicted octanol–water partition coefficient (Wildman–Crippen LogP) is 3.72. The Kier molecular flexibility index (Phi) is 3.65. The number of imidazole rings is 1. The molecule has 0 fully saturated rings. The first-order chi connectivity index (χ1) is 10.7. The van der Waals surface area contributed by atoms with Crippen LogP contribution in [-0.4, -0.2) is 20.7 Å². The second kappa shape index (κ2) is 5.77. The van der Waals surface area contributed by atoms with Gasteiger partial charge in [-0.05, 0) is 31.2 Å². The van der Waals surface area contributed by atoms with E-state index < -0.39 is 4.92 Å². The van der Waals surface area contributed by atoms with Gasteiger partial charge in [0.25, 0.3) is 5.69 Å². The number of benzene rings is 2. The molecule has 0 aliphatic carbocycles. The smallest absolute Gasteiger partial charge is 0.269 e.